The minimum atomic E-state index is -0.506. The smallest absolute Gasteiger partial charge is 0.213 e. The quantitative estimate of drug-likeness (QED) is 0.526. The van der Waals surface area contributed by atoms with Gasteiger partial charge in [-0.25, -0.2) is 14.5 Å². The maximum Gasteiger partial charge on any atom is 0.213 e. The van der Waals surface area contributed by atoms with Crippen LogP contribution in [0.1, 0.15) is 5.01 Å². The molecule has 22 heavy (non-hydrogen) atoms. The van der Waals surface area contributed by atoms with Crippen molar-refractivity contribution in [2.75, 3.05) is 0 Å². The molecule has 0 spiro atoms. The zero-order valence-electron chi connectivity index (χ0n) is 11.7. The molecule has 4 rings (SSSR count). The zero-order chi connectivity index (χ0) is 15.1. The van der Waals surface area contributed by atoms with E-state index in [2.05, 4.69) is 15.1 Å². The molecule has 4 aromatic rings. The molecule has 0 unspecified atom stereocenters. The molecule has 0 bridgehead atoms. The summed E-state index contributed by atoms with van der Waals surface area (Å²) in [6.45, 7) is 1.95. The van der Waals surface area contributed by atoms with Gasteiger partial charge in [-0.1, -0.05) is 6.07 Å². The SMILES string of the molecule is Cc1nc(-c2nn3ccccc3c2-c2ccnc(F)c2)cs1. The highest BCUT2D eigenvalue weighted by Gasteiger charge is 2.18. The Labute approximate surface area is 129 Å². The standard InChI is InChI=1S/C16H11FN4S/c1-10-19-12(9-22-10)16-15(11-5-6-18-14(17)8-11)13-4-2-3-7-21(13)20-16/h2-9H,1H3. The van der Waals surface area contributed by atoms with E-state index < -0.39 is 5.95 Å². The second kappa shape index (κ2) is 4.99. The van der Waals surface area contributed by atoms with Crippen LogP contribution in [0.5, 0.6) is 0 Å². The molecule has 0 aromatic carbocycles. The molecule has 0 amide bonds. The van der Waals surface area contributed by atoms with Crippen LogP contribution in [0.2, 0.25) is 0 Å². The third-order valence-corrected chi connectivity index (χ3v) is 4.19. The predicted molar refractivity (Wildman–Crippen MR) is 84.2 cm³/mol. The molecule has 0 aliphatic carbocycles. The van der Waals surface area contributed by atoms with Crippen molar-refractivity contribution in [2.45, 2.75) is 6.92 Å². The van der Waals surface area contributed by atoms with Crippen molar-refractivity contribution in [3.8, 4) is 22.5 Å². The Morgan fingerprint density at radius 3 is 2.91 bits per heavy atom. The Bertz CT molecular complexity index is 973. The van der Waals surface area contributed by atoms with Crippen LogP contribution < -0.4 is 0 Å². The van der Waals surface area contributed by atoms with Gasteiger partial charge in [-0.05, 0) is 30.7 Å². The van der Waals surface area contributed by atoms with Gasteiger partial charge in [-0.3, -0.25) is 0 Å². The van der Waals surface area contributed by atoms with Crippen LogP contribution in [0.4, 0.5) is 4.39 Å². The monoisotopic (exact) mass is 310 g/mol. The summed E-state index contributed by atoms with van der Waals surface area (Å²) in [5.41, 5.74) is 4.08. The summed E-state index contributed by atoms with van der Waals surface area (Å²) in [4.78, 5) is 8.15. The Morgan fingerprint density at radius 1 is 1.23 bits per heavy atom. The van der Waals surface area contributed by atoms with E-state index in [-0.39, 0.29) is 0 Å². The first-order valence-corrected chi connectivity index (χ1v) is 7.62. The highest BCUT2D eigenvalue weighted by atomic mass is 32.1. The number of thiazole rings is 1. The third-order valence-electron chi connectivity index (χ3n) is 3.42. The average Bonchev–Trinajstić information content (AvgIpc) is 3.10. The van der Waals surface area contributed by atoms with Crippen LogP contribution >= 0.6 is 11.3 Å². The van der Waals surface area contributed by atoms with Gasteiger partial charge in [0.2, 0.25) is 5.95 Å². The number of hydrogen-bond donors (Lipinski definition) is 0. The molecule has 4 aromatic heterocycles. The van der Waals surface area contributed by atoms with Crippen LogP contribution in [0.3, 0.4) is 0 Å². The number of hydrogen-bond acceptors (Lipinski definition) is 4. The first-order valence-electron chi connectivity index (χ1n) is 6.74. The van der Waals surface area contributed by atoms with E-state index >= 15 is 0 Å². The Hall–Kier alpha value is -2.60. The summed E-state index contributed by atoms with van der Waals surface area (Å²) >= 11 is 1.57. The van der Waals surface area contributed by atoms with Gasteiger partial charge in [0.25, 0.3) is 0 Å². The van der Waals surface area contributed by atoms with Crippen molar-refractivity contribution < 1.29 is 4.39 Å². The first-order chi connectivity index (χ1) is 10.7. The maximum absolute atomic E-state index is 13.5. The largest absolute Gasteiger partial charge is 0.240 e. The lowest BCUT2D eigenvalue weighted by atomic mass is 10.0. The molecule has 0 radical (unpaired) electrons. The lowest BCUT2D eigenvalue weighted by molar-refractivity contribution is 0.584. The van der Waals surface area contributed by atoms with E-state index in [1.54, 1.807) is 21.9 Å². The summed E-state index contributed by atoms with van der Waals surface area (Å²) in [6, 6.07) is 9.02. The first kappa shape index (κ1) is 13.1. The van der Waals surface area contributed by atoms with Gasteiger partial charge >= 0.3 is 0 Å². The summed E-state index contributed by atoms with van der Waals surface area (Å²) in [5.74, 6) is -0.506. The Kier molecular flexibility index (Phi) is 2.97. The highest BCUT2D eigenvalue weighted by molar-refractivity contribution is 7.09. The summed E-state index contributed by atoms with van der Waals surface area (Å²) in [6.07, 6.45) is 3.34. The molecule has 0 aliphatic heterocycles. The minimum absolute atomic E-state index is 0.506. The van der Waals surface area contributed by atoms with Crippen molar-refractivity contribution in [3.63, 3.8) is 0 Å². The number of nitrogens with zero attached hydrogens (tertiary/aromatic N) is 4. The van der Waals surface area contributed by atoms with E-state index in [0.717, 1.165) is 33.0 Å². The second-order valence-electron chi connectivity index (χ2n) is 4.87. The maximum atomic E-state index is 13.5. The molecule has 0 saturated heterocycles. The van der Waals surface area contributed by atoms with Gasteiger partial charge in [0.15, 0.2) is 0 Å². The van der Waals surface area contributed by atoms with Crippen LogP contribution in [-0.2, 0) is 0 Å². The van der Waals surface area contributed by atoms with Crippen molar-refractivity contribution in [1.29, 1.82) is 0 Å². The fourth-order valence-corrected chi connectivity index (χ4v) is 3.09. The molecule has 0 aliphatic rings. The summed E-state index contributed by atoms with van der Waals surface area (Å²) in [7, 11) is 0. The molecule has 0 fully saturated rings. The van der Waals surface area contributed by atoms with E-state index in [4.69, 9.17) is 0 Å². The molecule has 0 N–H and O–H groups in total. The van der Waals surface area contributed by atoms with E-state index in [1.165, 1.54) is 12.3 Å². The van der Waals surface area contributed by atoms with Crippen LogP contribution in [0.25, 0.3) is 28.0 Å². The van der Waals surface area contributed by atoms with Crippen molar-refractivity contribution in [1.82, 2.24) is 19.6 Å². The predicted octanol–water partition coefficient (Wildman–Crippen LogP) is 3.97. The van der Waals surface area contributed by atoms with Crippen LogP contribution in [-0.4, -0.2) is 19.6 Å². The third kappa shape index (κ3) is 2.08. The Morgan fingerprint density at radius 2 is 2.14 bits per heavy atom. The highest BCUT2D eigenvalue weighted by Crippen LogP contribution is 2.35. The zero-order valence-corrected chi connectivity index (χ0v) is 12.5. The second-order valence-corrected chi connectivity index (χ2v) is 5.94. The molecule has 0 saturated carbocycles. The molecule has 6 heteroatoms. The molecule has 4 nitrogen and oxygen atoms in total. The minimum Gasteiger partial charge on any atom is -0.240 e. The van der Waals surface area contributed by atoms with Crippen molar-refractivity contribution in [3.05, 3.63) is 59.1 Å². The number of rotatable bonds is 2. The fourth-order valence-electron chi connectivity index (χ4n) is 2.49. The lowest BCUT2D eigenvalue weighted by Crippen LogP contribution is -1.86. The fraction of sp³-hybridized carbons (Fsp3) is 0.0625. The Balaban J connectivity index is 2.06. The summed E-state index contributed by atoms with van der Waals surface area (Å²) < 4.78 is 15.3. The van der Waals surface area contributed by atoms with Gasteiger partial charge < -0.3 is 0 Å². The van der Waals surface area contributed by atoms with Gasteiger partial charge in [-0.15, -0.1) is 11.3 Å². The molecular weight excluding hydrogens is 299 g/mol. The topological polar surface area (TPSA) is 43.1 Å². The molecule has 0 atom stereocenters. The molecular formula is C16H11FN4S. The number of halogens is 1. The van der Waals surface area contributed by atoms with E-state index in [9.17, 15) is 4.39 Å². The van der Waals surface area contributed by atoms with Gasteiger partial charge in [0.1, 0.15) is 11.4 Å². The molecule has 4 heterocycles. The average molecular weight is 310 g/mol. The van der Waals surface area contributed by atoms with Gasteiger partial charge in [0, 0.05) is 29.4 Å². The molecule has 108 valence electrons. The number of aromatic nitrogens is 4. The van der Waals surface area contributed by atoms with Crippen molar-refractivity contribution in [2.24, 2.45) is 0 Å². The van der Waals surface area contributed by atoms with Gasteiger partial charge in [0.05, 0.1) is 10.5 Å². The van der Waals surface area contributed by atoms with Gasteiger partial charge in [-0.2, -0.15) is 9.49 Å². The van der Waals surface area contributed by atoms with E-state index in [0.29, 0.717) is 0 Å². The van der Waals surface area contributed by atoms with Crippen LogP contribution in [0, 0.1) is 12.9 Å². The number of fused-ring (bicyclic) bond motifs is 1. The van der Waals surface area contributed by atoms with Crippen LogP contribution in [0.15, 0.2) is 48.1 Å². The number of pyridine rings is 2. The number of aryl methyl sites for hydroxylation is 1. The van der Waals surface area contributed by atoms with Crippen molar-refractivity contribution >= 4 is 16.9 Å². The lowest BCUT2D eigenvalue weighted by Gasteiger charge is -2.02. The summed E-state index contributed by atoms with van der Waals surface area (Å²) in [5, 5.41) is 7.56. The normalized spacial score (nSPS) is 11.2. The van der Waals surface area contributed by atoms with E-state index in [1.807, 2.05) is 36.7 Å².